The molecule has 0 aromatic carbocycles. The fourth-order valence-electron chi connectivity index (χ4n) is 3.00. The lowest BCUT2D eigenvalue weighted by atomic mass is 9.82. The zero-order chi connectivity index (χ0) is 11.4. The molecule has 1 unspecified atom stereocenters. The van der Waals surface area contributed by atoms with Crippen LogP contribution in [0.4, 0.5) is 0 Å². The zero-order valence-electron chi connectivity index (χ0n) is 10.4. The Morgan fingerprint density at radius 1 is 1.38 bits per heavy atom. The Morgan fingerprint density at radius 2 is 2.12 bits per heavy atom. The molecule has 0 aromatic heterocycles. The summed E-state index contributed by atoms with van der Waals surface area (Å²) in [5.41, 5.74) is 0.487. The number of ether oxygens (including phenoxy) is 1. The molecule has 0 spiro atoms. The van der Waals surface area contributed by atoms with E-state index in [1.165, 1.54) is 45.3 Å². The van der Waals surface area contributed by atoms with Gasteiger partial charge >= 0.3 is 0 Å². The van der Waals surface area contributed by atoms with Gasteiger partial charge in [0.2, 0.25) is 0 Å². The van der Waals surface area contributed by atoms with Gasteiger partial charge in [0.15, 0.2) is 0 Å². The van der Waals surface area contributed by atoms with Gasteiger partial charge in [-0.15, -0.1) is 0 Å². The van der Waals surface area contributed by atoms with Crippen LogP contribution in [0.2, 0.25) is 0 Å². The molecule has 16 heavy (non-hydrogen) atoms. The van der Waals surface area contributed by atoms with E-state index in [1.807, 2.05) is 0 Å². The summed E-state index contributed by atoms with van der Waals surface area (Å²) in [7, 11) is 0. The van der Waals surface area contributed by atoms with Crippen molar-refractivity contribution in [2.75, 3.05) is 38.2 Å². The summed E-state index contributed by atoms with van der Waals surface area (Å²) in [6.45, 7) is 8.15. The molecular weight excluding hydrogens is 266 g/mol. The lowest BCUT2D eigenvalue weighted by molar-refractivity contribution is 0.0111. The molecule has 2 nitrogen and oxygen atoms in total. The molecule has 2 heterocycles. The maximum atomic E-state index is 5.49. The van der Waals surface area contributed by atoms with Crippen LogP contribution >= 0.6 is 15.9 Å². The molecular formula is C13H24BrNO. The number of halogens is 1. The Morgan fingerprint density at radius 3 is 2.69 bits per heavy atom. The van der Waals surface area contributed by atoms with Gasteiger partial charge in [-0.25, -0.2) is 0 Å². The highest BCUT2D eigenvalue weighted by Gasteiger charge is 2.35. The zero-order valence-corrected chi connectivity index (χ0v) is 12.0. The van der Waals surface area contributed by atoms with Crippen molar-refractivity contribution in [3.05, 3.63) is 0 Å². The SMILES string of the molecule is CCC1CCN(CC2(CBr)CCOCC2)C1. The van der Waals surface area contributed by atoms with E-state index in [0.717, 1.165) is 24.5 Å². The summed E-state index contributed by atoms with van der Waals surface area (Å²) in [6, 6.07) is 0. The first-order valence-corrected chi connectivity index (χ1v) is 7.76. The van der Waals surface area contributed by atoms with Gasteiger partial charge in [-0.2, -0.15) is 0 Å². The van der Waals surface area contributed by atoms with Crippen LogP contribution in [-0.2, 0) is 4.74 Å². The topological polar surface area (TPSA) is 12.5 Å². The van der Waals surface area contributed by atoms with Crippen molar-refractivity contribution in [2.45, 2.75) is 32.6 Å². The number of hydrogen-bond acceptors (Lipinski definition) is 2. The number of hydrogen-bond donors (Lipinski definition) is 0. The Balaban J connectivity index is 1.86. The third-order valence-corrected chi connectivity index (χ3v) is 5.53. The van der Waals surface area contributed by atoms with Crippen molar-refractivity contribution < 1.29 is 4.74 Å². The number of alkyl halides is 1. The molecule has 0 saturated carbocycles. The van der Waals surface area contributed by atoms with E-state index in [0.29, 0.717) is 5.41 Å². The minimum Gasteiger partial charge on any atom is -0.381 e. The minimum absolute atomic E-state index is 0.487. The molecule has 2 aliphatic heterocycles. The summed E-state index contributed by atoms with van der Waals surface area (Å²) in [6.07, 6.45) is 5.21. The average Bonchev–Trinajstić information content (AvgIpc) is 2.78. The van der Waals surface area contributed by atoms with Crippen LogP contribution in [0.25, 0.3) is 0 Å². The molecule has 3 heteroatoms. The van der Waals surface area contributed by atoms with Gasteiger partial charge in [-0.05, 0) is 37.1 Å². The molecule has 0 N–H and O–H groups in total. The molecule has 1 atom stereocenters. The van der Waals surface area contributed by atoms with Crippen molar-refractivity contribution >= 4 is 15.9 Å². The second kappa shape index (κ2) is 5.83. The summed E-state index contributed by atoms with van der Waals surface area (Å²) in [5, 5.41) is 1.14. The van der Waals surface area contributed by atoms with E-state index in [2.05, 4.69) is 27.8 Å². The van der Waals surface area contributed by atoms with Gasteiger partial charge in [0.05, 0.1) is 0 Å². The highest BCUT2D eigenvalue weighted by molar-refractivity contribution is 9.09. The lowest BCUT2D eigenvalue weighted by Gasteiger charge is -2.38. The number of rotatable bonds is 4. The largest absolute Gasteiger partial charge is 0.381 e. The van der Waals surface area contributed by atoms with Gasteiger partial charge in [0, 0.05) is 31.6 Å². The molecule has 0 amide bonds. The minimum atomic E-state index is 0.487. The predicted molar refractivity (Wildman–Crippen MR) is 71.1 cm³/mol. The Bertz CT molecular complexity index is 216. The van der Waals surface area contributed by atoms with E-state index in [4.69, 9.17) is 4.74 Å². The van der Waals surface area contributed by atoms with Gasteiger partial charge in [0.1, 0.15) is 0 Å². The lowest BCUT2D eigenvalue weighted by Crippen LogP contribution is -2.42. The standard InChI is InChI=1S/C13H24BrNO/c1-2-12-3-6-15(9-12)11-13(10-14)4-7-16-8-5-13/h12H,2-11H2,1H3. The van der Waals surface area contributed by atoms with E-state index in [1.54, 1.807) is 0 Å². The maximum absolute atomic E-state index is 5.49. The molecule has 2 fully saturated rings. The highest BCUT2D eigenvalue weighted by atomic mass is 79.9. The predicted octanol–water partition coefficient (Wildman–Crippen LogP) is 2.91. The molecule has 0 radical (unpaired) electrons. The number of likely N-dealkylation sites (tertiary alicyclic amines) is 1. The van der Waals surface area contributed by atoms with Crippen LogP contribution in [0.3, 0.4) is 0 Å². The summed E-state index contributed by atoms with van der Waals surface area (Å²) >= 11 is 3.73. The van der Waals surface area contributed by atoms with Crippen LogP contribution in [0.1, 0.15) is 32.6 Å². The van der Waals surface area contributed by atoms with Gasteiger partial charge < -0.3 is 9.64 Å². The second-order valence-electron chi connectivity index (χ2n) is 5.54. The monoisotopic (exact) mass is 289 g/mol. The first-order chi connectivity index (χ1) is 7.78. The molecule has 0 aliphatic carbocycles. The molecule has 0 aromatic rings. The normalized spacial score (nSPS) is 30.8. The fraction of sp³-hybridized carbons (Fsp3) is 1.00. The first kappa shape index (κ1) is 12.8. The van der Waals surface area contributed by atoms with Crippen LogP contribution in [-0.4, -0.2) is 43.1 Å². The van der Waals surface area contributed by atoms with Crippen LogP contribution in [0.5, 0.6) is 0 Å². The van der Waals surface area contributed by atoms with E-state index >= 15 is 0 Å². The average molecular weight is 290 g/mol. The first-order valence-electron chi connectivity index (χ1n) is 6.64. The summed E-state index contributed by atoms with van der Waals surface area (Å²) in [4.78, 5) is 2.68. The number of nitrogens with zero attached hydrogens (tertiary/aromatic N) is 1. The summed E-state index contributed by atoms with van der Waals surface area (Å²) in [5.74, 6) is 0.951. The maximum Gasteiger partial charge on any atom is 0.0472 e. The fourth-order valence-corrected chi connectivity index (χ4v) is 3.74. The molecule has 2 rings (SSSR count). The highest BCUT2D eigenvalue weighted by Crippen LogP contribution is 2.35. The van der Waals surface area contributed by atoms with Crippen molar-refractivity contribution in [1.29, 1.82) is 0 Å². The van der Waals surface area contributed by atoms with Gasteiger partial charge in [0.25, 0.3) is 0 Å². The van der Waals surface area contributed by atoms with Gasteiger partial charge in [-0.1, -0.05) is 29.3 Å². The van der Waals surface area contributed by atoms with Crippen molar-refractivity contribution in [2.24, 2.45) is 11.3 Å². The van der Waals surface area contributed by atoms with Crippen molar-refractivity contribution in [3.63, 3.8) is 0 Å². The molecule has 94 valence electrons. The van der Waals surface area contributed by atoms with E-state index in [-0.39, 0.29) is 0 Å². The smallest absolute Gasteiger partial charge is 0.0472 e. The third kappa shape index (κ3) is 2.99. The Labute approximate surface area is 108 Å². The van der Waals surface area contributed by atoms with Gasteiger partial charge in [-0.3, -0.25) is 0 Å². The molecule has 2 aliphatic rings. The Kier molecular flexibility index (Phi) is 4.68. The molecule has 2 saturated heterocycles. The van der Waals surface area contributed by atoms with Crippen molar-refractivity contribution in [1.82, 2.24) is 4.90 Å². The van der Waals surface area contributed by atoms with Crippen molar-refractivity contribution in [3.8, 4) is 0 Å². The quantitative estimate of drug-likeness (QED) is 0.738. The van der Waals surface area contributed by atoms with Crippen LogP contribution in [0, 0.1) is 11.3 Å². The van der Waals surface area contributed by atoms with E-state index in [9.17, 15) is 0 Å². The Hall–Kier alpha value is 0.400. The second-order valence-corrected chi connectivity index (χ2v) is 6.10. The summed E-state index contributed by atoms with van der Waals surface area (Å²) < 4.78 is 5.49. The molecule has 0 bridgehead atoms. The van der Waals surface area contributed by atoms with Crippen LogP contribution in [0.15, 0.2) is 0 Å². The van der Waals surface area contributed by atoms with Crippen LogP contribution < -0.4 is 0 Å². The third-order valence-electron chi connectivity index (χ3n) is 4.34. The van der Waals surface area contributed by atoms with E-state index < -0.39 is 0 Å².